The fourth-order valence-electron chi connectivity index (χ4n) is 3.31. The minimum atomic E-state index is -1.20. The van der Waals surface area contributed by atoms with E-state index in [0.717, 1.165) is 17.3 Å². The van der Waals surface area contributed by atoms with E-state index < -0.39 is 5.97 Å². The lowest BCUT2D eigenvalue weighted by Gasteiger charge is -2.13. The number of carbonyl (C=O) groups excluding carboxylic acids is 1. The highest BCUT2D eigenvalue weighted by atomic mass is 32.1. The topological polar surface area (TPSA) is 104 Å². The maximum absolute atomic E-state index is 13.4. The maximum Gasteiger partial charge on any atom is 0.336 e. The van der Waals surface area contributed by atoms with E-state index in [0.29, 0.717) is 27.7 Å². The van der Waals surface area contributed by atoms with Gasteiger partial charge in [0.2, 0.25) is 0 Å². The fourth-order valence-corrected chi connectivity index (χ4v) is 3.83. The predicted molar refractivity (Wildman–Crippen MR) is 118 cm³/mol. The van der Waals surface area contributed by atoms with E-state index >= 15 is 0 Å². The van der Waals surface area contributed by atoms with Gasteiger partial charge >= 0.3 is 5.97 Å². The van der Waals surface area contributed by atoms with Crippen LogP contribution in [0.25, 0.3) is 16.6 Å². The average molecular weight is 425 g/mol. The number of nitrogens with zero attached hydrogens (tertiary/aromatic N) is 3. The van der Waals surface area contributed by atoms with Crippen LogP contribution in [0, 0.1) is 11.3 Å². The monoisotopic (exact) mass is 425 g/mol. The molecule has 3 aromatic carbocycles. The van der Waals surface area contributed by atoms with Crippen LogP contribution in [0.2, 0.25) is 0 Å². The Kier molecular flexibility index (Phi) is 5.65. The second kappa shape index (κ2) is 8.69. The van der Waals surface area contributed by atoms with Crippen LogP contribution >= 0.6 is 11.7 Å². The maximum atomic E-state index is 13.4. The summed E-state index contributed by atoms with van der Waals surface area (Å²) in [6.07, 6.45) is 0.106. The Morgan fingerprint density at radius 2 is 1.61 bits per heavy atom. The molecule has 31 heavy (non-hydrogen) atoms. The molecule has 0 aliphatic rings. The first kappa shape index (κ1) is 20.1. The van der Waals surface area contributed by atoms with Crippen molar-refractivity contribution >= 4 is 40.1 Å². The van der Waals surface area contributed by atoms with Gasteiger partial charge in [-0.25, -0.2) is 4.79 Å². The summed E-state index contributed by atoms with van der Waals surface area (Å²) in [5, 5.41) is 19.1. The molecule has 150 valence electrons. The summed E-state index contributed by atoms with van der Waals surface area (Å²) in [5.41, 5.74) is 3.34. The van der Waals surface area contributed by atoms with Crippen molar-refractivity contribution in [3.8, 4) is 6.07 Å². The molecule has 1 N–H and O–H groups in total. The largest absolute Gasteiger partial charge is 0.478 e. The quantitative estimate of drug-likeness (QED) is 0.360. The van der Waals surface area contributed by atoms with Crippen molar-refractivity contribution in [3.05, 3.63) is 101 Å². The summed E-state index contributed by atoms with van der Waals surface area (Å²) in [6, 6.07) is 22.4. The number of benzene rings is 3. The molecular formula is C24H15N3O3S. The molecule has 0 atom stereocenters. The molecule has 1 aromatic heterocycles. The molecule has 6 nitrogen and oxygen atoms in total. The summed E-state index contributed by atoms with van der Waals surface area (Å²) in [6.45, 7) is 0. The number of ketones is 1. The highest BCUT2D eigenvalue weighted by Crippen LogP contribution is 2.28. The molecule has 0 saturated carbocycles. The Morgan fingerprint density at radius 1 is 0.903 bits per heavy atom. The molecular weight excluding hydrogens is 410 g/mol. The van der Waals surface area contributed by atoms with E-state index in [-0.39, 0.29) is 23.4 Å². The zero-order valence-corrected chi connectivity index (χ0v) is 17.0. The minimum absolute atomic E-state index is 0.0758. The van der Waals surface area contributed by atoms with Crippen LogP contribution in [0.5, 0.6) is 0 Å². The Morgan fingerprint density at radius 3 is 2.29 bits per heavy atom. The van der Waals surface area contributed by atoms with E-state index in [4.69, 9.17) is 5.26 Å². The molecule has 1 heterocycles. The normalized spacial score (nSPS) is 11.6. The number of rotatable bonds is 6. The van der Waals surface area contributed by atoms with Crippen molar-refractivity contribution in [3.63, 3.8) is 0 Å². The minimum Gasteiger partial charge on any atom is -0.478 e. The summed E-state index contributed by atoms with van der Waals surface area (Å²) < 4.78 is 8.34. The van der Waals surface area contributed by atoms with Crippen LogP contribution in [0.1, 0.15) is 27.0 Å². The molecule has 4 rings (SSSR count). The molecule has 4 aromatic rings. The standard InChI is InChI=1S/C24H15N3O3S/c25-14-16-8-6-15(7-9-16)12-19(23(28)17-4-2-1-3-5-17)22(24(29)30)18-10-11-20-21(13-18)27-31-26-20/h1-11,13H,12H2,(H,29,30). The van der Waals surface area contributed by atoms with Crippen LogP contribution in [-0.4, -0.2) is 25.6 Å². The summed E-state index contributed by atoms with van der Waals surface area (Å²) in [4.78, 5) is 25.8. The first-order chi connectivity index (χ1) is 15.1. The SMILES string of the molecule is N#Cc1ccc(CC(C(=O)c2ccccc2)=C(C(=O)O)c2ccc3nsnc3c2)cc1. The van der Waals surface area contributed by atoms with E-state index in [1.807, 2.05) is 0 Å². The third-order valence-electron chi connectivity index (χ3n) is 4.83. The van der Waals surface area contributed by atoms with E-state index in [9.17, 15) is 14.7 Å². The predicted octanol–water partition coefficient (Wildman–Crippen LogP) is 4.53. The molecule has 0 spiro atoms. The van der Waals surface area contributed by atoms with Crippen molar-refractivity contribution in [2.75, 3.05) is 0 Å². The molecule has 0 aliphatic carbocycles. The lowest BCUT2D eigenvalue weighted by atomic mass is 9.89. The van der Waals surface area contributed by atoms with Gasteiger partial charge in [-0.2, -0.15) is 14.0 Å². The van der Waals surface area contributed by atoms with Gasteiger partial charge in [0.25, 0.3) is 0 Å². The molecule has 0 aliphatic heterocycles. The van der Waals surface area contributed by atoms with Crippen LogP contribution < -0.4 is 0 Å². The zero-order chi connectivity index (χ0) is 21.8. The smallest absolute Gasteiger partial charge is 0.336 e. The van der Waals surface area contributed by atoms with E-state index in [1.54, 1.807) is 72.8 Å². The molecule has 0 fully saturated rings. The van der Waals surface area contributed by atoms with Crippen LogP contribution in [0.3, 0.4) is 0 Å². The molecule has 0 amide bonds. The van der Waals surface area contributed by atoms with Crippen LogP contribution in [-0.2, 0) is 11.2 Å². The van der Waals surface area contributed by atoms with Gasteiger partial charge in [-0.15, -0.1) is 0 Å². The summed E-state index contributed by atoms with van der Waals surface area (Å²) in [5.74, 6) is -1.56. The lowest BCUT2D eigenvalue weighted by molar-refractivity contribution is -0.130. The highest BCUT2D eigenvalue weighted by Gasteiger charge is 2.24. The first-order valence-corrected chi connectivity index (χ1v) is 10.1. The third-order valence-corrected chi connectivity index (χ3v) is 5.39. The molecule has 0 bridgehead atoms. The molecule has 0 saturated heterocycles. The van der Waals surface area contributed by atoms with Gasteiger partial charge in [-0.3, -0.25) is 4.79 Å². The number of hydrogen-bond acceptors (Lipinski definition) is 6. The number of aromatic nitrogens is 2. The Labute approximate surface area is 182 Å². The van der Waals surface area contributed by atoms with E-state index in [2.05, 4.69) is 14.8 Å². The molecule has 7 heteroatoms. The second-order valence-corrected chi connectivity index (χ2v) is 7.34. The van der Waals surface area contributed by atoms with Crippen LogP contribution in [0.15, 0.2) is 78.4 Å². The number of allylic oxidation sites excluding steroid dienone is 1. The number of Topliss-reactive ketones (excluding diaryl/α,β-unsaturated/α-hetero) is 1. The first-order valence-electron chi connectivity index (χ1n) is 9.35. The van der Waals surface area contributed by atoms with Crippen molar-refractivity contribution in [1.29, 1.82) is 5.26 Å². The number of carboxylic acid groups (broad SMARTS) is 1. The third kappa shape index (κ3) is 4.25. The van der Waals surface area contributed by atoms with Gasteiger partial charge in [0, 0.05) is 17.6 Å². The summed E-state index contributed by atoms with van der Waals surface area (Å²) >= 11 is 1.04. The number of fused-ring (bicyclic) bond motifs is 1. The van der Waals surface area contributed by atoms with Crippen molar-refractivity contribution in [1.82, 2.24) is 8.75 Å². The van der Waals surface area contributed by atoms with E-state index in [1.165, 1.54) is 0 Å². The Bertz CT molecular complexity index is 1350. The highest BCUT2D eigenvalue weighted by molar-refractivity contribution is 7.00. The number of nitriles is 1. The van der Waals surface area contributed by atoms with Crippen molar-refractivity contribution in [2.45, 2.75) is 6.42 Å². The van der Waals surface area contributed by atoms with Gasteiger partial charge in [-0.1, -0.05) is 48.5 Å². The number of aliphatic carboxylic acids is 1. The number of carbonyl (C=O) groups is 2. The summed E-state index contributed by atoms with van der Waals surface area (Å²) in [7, 11) is 0. The fraction of sp³-hybridized carbons (Fsp3) is 0.0417. The van der Waals surface area contributed by atoms with Crippen molar-refractivity contribution < 1.29 is 14.7 Å². The van der Waals surface area contributed by atoms with Gasteiger partial charge in [0.15, 0.2) is 5.78 Å². The van der Waals surface area contributed by atoms with Gasteiger partial charge in [0.05, 0.1) is 28.9 Å². The number of carboxylic acids is 1. The second-order valence-electron chi connectivity index (χ2n) is 6.81. The Balaban J connectivity index is 1.90. The lowest BCUT2D eigenvalue weighted by Crippen LogP contribution is -2.14. The zero-order valence-electron chi connectivity index (χ0n) is 16.1. The van der Waals surface area contributed by atoms with Crippen molar-refractivity contribution in [2.24, 2.45) is 0 Å². The van der Waals surface area contributed by atoms with Gasteiger partial charge < -0.3 is 5.11 Å². The molecule has 0 radical (unpaired) electrons. The number of hydrogen-bond donors (Lipinski definition) is 1. The molecule has 0 unspecified atom stereocenters. The van der Waals surface area contributed by atoms with Crippen LogP contribution in [0.4, 0.5) is 0 Å². The van der Waals surface area contributed by atoms with Gasteiger partial charge in [0.1, 0.15) is 11.0 Å². The average Bonchev–Trinajstić information content (AvgIpc) is 3.27. The van der Waals surface area contributed by atoms with Gasteiger partial charge in [-0.05, 0) is 35.4 Å². The Hall–Kier alpha value is -4.15.